The number of ether oxygens (including phenoxy) is 1. The maximum absolute atomic E-state index is 11.9. The van der Waals surface area contributed by atoms with E-state index in [0.29, 0.717) is 4.47 Å². The van der Waals surface area contributed by atoms with Gasteiger partial charge >= 0.3 is 5.97 Å². The van der Waals surface area contributed by atoms with Gasteiger partial charge in [0.05, 0.1) is 17.1 Å². The highest BCUT2D eigenvalue weighted by atomic mass is 79.9. The van der Waals surface area contributed by atoms with E-state index >= 15 is 0 Å². The second kappa shape index (κ2) is 6.99. The molecule has 106 valence electrons. The maximum atomic E-state index is 11.9. The molecule has 0 amide bonds. The largest absolute Gasteiger partial charge is 0.462 e. The molecule has 3 N–H and O–H groups in total. The molecule has 0 heterocycles. The topological polar surface area (TPSA) is 98.5 Å². The first kappa shape index (κ1) is 16.1. The number of nitrogens with two attached hydrogens (primary N) is 1. The standard InChI is InChI=1S/C11H15BrN2O4S/c1-2-18-11(15)8-5-9(12)7-10(6-8)19(16,17)14-4-3-13/h5-7,14H,2-4,13H2,1H3. The SMILES string of the molecule is CCOC(=O)c1cc(Br)cc(S(=O)(=O)NCCN)c1. The van der Waals surface area contributed by atoms with Crippen LogP contribution in [0.1, 0.15) is 17.3 Å². The van der Waals surface area contributed by atoms with E-state index in [0.717, 1.165) is 0 Å². The fraction of sp³-hybridized carbons (Fsp3) is 0.364. The summed E-state index contributed by atoms with van der Waals surface area (Å²) < 4.78 is 31.5. The maximum Gasteiger partial charge on any atom is 0.338 e. The molecule has 0 spiro atoms. The van der Waals surface area contributed by atoms with Crippen molar-refractivity contribution in [1.29, 1.82) is 0 Å². The van der Waals surface area contributed by atoms with Crippen molar-refractivity contribution < 1.29 is 17.9 Å². The molecule has 0 bridgehead atoms. The lowest BCUT2D eigenvalue weighted by atomic mass is 10.2. The van der Waals surface area contributed by atoms with Gasteiger partial charge in [0.1, 0.15) is 0 Å². The van der Waals surface area contributed by atoms with Crippen molar-refractivity contribution in [1.82, 2.24) is 4.72 Å². The monoisotopic (exact) mass is 350 g/mol. The third kappa shape index (κ3) is 4.57. The summed E-state index contributed by atoms with van der Waals surface area (Å²) in [5.41, 5.74) is 5.42. The first-order chi connectivity index (χ1) is 8.90. The van der Waals surface area contributed by atoms with Gasteiger partial charge in [-0.05, 0) is 25.1 Å². The predicted molar refractivity (Wildman–Crippen MR) is 74.3 cm³/mol. The number of rotatable bonds is 6. The van der Waals surface area contributed by atoms with Crippen LogP contribution in [0.2, 0.25) is 0 Å². The molecule has 1 aromatic rings. The van der Waals surface area contributed by atoms with Gasteiger partial charge in [-0.15, -0.1) is 0 Å². The minimum Gasteiger partial charge on any atom is -0.462 e. The average Bonchev–Trinajstić information content (AvgIpc) is 2.36. The van der Waals surface area contributed by atoms with Gasteiger partial charge in [0.25, 0.3) is 0 Å². The first-order valence-corrected chi connectivity index (χ1v) is 7.85. The van der Waals surface area contributed by atoms with E-state index < -0.39 is 16.0 Å². The number of nitrogens with one attached hydrogen (secondary N) is 1. The molecule has 0 unspecified atom stereocenters. The second-order valence-electron chi connectivity index (χ2n) is 3.58. The molecule has 0 aliphatic rings. The molecule has 0 aliphatic carbocycles. The van der Waals surface area contributed by atoms with Crippen LogP contribution in [-0.4, -0.2) is 34.1 Å². The number of benzene rings is 1. The van der Waals surface area contributed by atoms with Crippen LogP contribution in [0.5, 0.6) is 0 Å². The summed E-state index contributed by atoms with van der Waals surface area (Å²) in [5.74, 6) is -0.570. The summed E-state index contributed by atoms with van der Waals surface area (Å²) in [6.45, 7) is 2.22. The van der Waals surface area contributed by atoms with Crippen LogP contribution in [0.15, 0.2) is 27.6 Å². The summed E-state index contributed by atoms with van der Waals surface area (Å²) in [6, 6.07) is 4.17. The summed E-state index contributed by atoms with van der Waals surface area (Å²) in [5, 5.41) is 0. The molecule has 1 aromatic carbocycles. The molecule has 0 saturated carbocycles. The molecule has 1 rings (SSSR count). The van der Waals surface area contributed by atoms with Crippen molar-refractivity contribution >= 4 is 31.9 Å². The summed E-state index contributed by atoms with van der Waals surface area (Å²) >= 11 is 3.17. The van der Waals surface area contributed by atoms with Crippen LogP contribution in [0.3, 0.4) is 0 Å². The summed E-state index contributed by atoms with van der Waals surface area (Å²) in [4.78, 5) is 11.6. The average molecular weight is 351 g/mol. The van der Waals surface area contributed by atoms with Gasteiger partial charge in [0.15, 0.2) is 0 Å². The quantitative estimate of drug-likeness (QED) is 0.741. The number of hydrogen-bond donors (Lipinski definition) is 2. The molecule has 8 heteroatoms. The number of carbonyl (C=O) groups is 1. The van der Waals surface area contributed by atoms with Crippen molar-refractivity contribution in [2.75, 3.05) is 19.7 Å². The Balaban J connectivity index is 3.13. The lowest BCUT2D eigenvalue weighted by Crippen LogP contribution is -2.29. The number of halogens is 1. The zero-order chi connectivity index (χ0) is 14.5. The molecule has 0 radical (unpaired) electrons. The lowest BCUT2D eigenvalue weighted by molar-refractivity contribution is 0.0526. The first-order valence-electron chi connectivity index (χ1n) is 5.58. The van der Waals surface area contributed by atoms with Gasteiger partial charge in [-0.25, -0.2) is 17.9 Å². The molecule has 19 heavy (non-hydrogen) atoms. The van der Waals surface area contributed by atoms with Crippen LogP contribution >= 0.6 is 15.9 Å². The number of hydrogen-bond acceptors (Lipinski definition) is 5. The minimum absolute atomic E-state index is 0.0154. The Morgan fingerprint density at radius 2 is 2.11 bits per heavy atom. The van der Waals surface area contributed by atoms with Gasteiger partial charge in [-0.3, -0.25) is 0 Å². The van der Waals surface area contributed by atoms with E-state index in [4.69, 9.17) is 10.5 Å². The van der Waals surface area contributed by atoms with Crippen molar-refractivity contribution in [2.45, 2.75) is 11.8 Å². The van der Waals surface area contributed by atoms with Crippen LogP contribution in [0, 0.1) is 0 Å². The molecule has 0 saturated heterocycles. The third-order valence-electron chi connectivity index (χ3n) is 2.13. The molecular weight excluding hydrogens is 336 g/mol. The molecule has 0 aliphatic heterocycles. The van der Waals surface area contributed by atoms with E-state index in [1.54, 1.807) is 6.92 Å². The van der Waals surface area contributed by atoms with Gasteiger partial charge in [0.2, 0.25) is 10.0 Å². The molecule has 0 atom stereocenters. The zero-order valence-corrected chi connectivity index (χ0v) is 12.8. The van der Waals surface area contributed by atoms with Crippen LogP contribution in [-0.2, 0) is 14.8 Å². The van der Waals surface area contributed by atoms with Crippen molar-refractivity contribution in [3.8, 4) is 0 Å². The Labute approximate surface area is 120 Å². The normalized spacial score (nSPS) is 11.3. The van der Waals surface area contributed by atoms with Crippen LogP contribution < -0.4 is 10.5 Å². The molecular formula is C11H15BrN2O4S. The van der Waals surface area contributed by atoms with Gasteiger partial charge < -0.3 is 10.5 Å². The zero-order valence-electron chi connectivity index (χ0n) is 10.3. The number of carbonyl (C=O) groups excluding carboxylic acids is 1. The second-order valence-corrected chi connectivity index (χ2v) is 6.27. The third-order valence-corrected chi connectivity index (χ3v) is 4.03. The van der Waals surface area contributed by atoms with Crippen LogP contribution in [0.4, 0.5) is 0 Å². The van der Waals surface area contributed by atoms with E-state index in [9.17, 15) is 13.2 Å². The van der Waals surface area contributed by atoms with E-state index in [-0.39, 0.29) is 30.2 Å². The molecule has 6 nitrogen and oxygen atoms in total. The Bertz CT molecular complexity index is 560. The Hall–Kier alpha value is -0.960. The van der Waals surface area contributed by atoms with Gasteiger partial charge in [-0.2, -0.15) is 0 Å². The van der Waals surface area contributed by atoms with Crippen LogP contribution in [0.25, 0.3) is 0 Å². The minimum atomic E-state index is -3.68. The molecule has 0 fully saturated rings. The van der Waals surface area contributed by atoms with E-state index in [1.807, 2.05) is 0 Å². The summed E-state index contributed by atoms with van der Waals surface area (Å²) in [6.07, 6.45) is 0. The van der Waals surface area contributed by atoms with Gasteiger partial charge in [-0.1, -0.05) is 15.9 Å². The fourth-order valence-corrected chi connectivity index (χ4v) is 3.09. The van der Waals surface area contributed by atoms with Crippen molar-refractivity contribution in [3.05, 3.63) is 28.2 Å². The highest BCUT2D eigenvalue weighted by Crippen LogP contribution is 2.20. The predicted octanol–water partition coefficient (Wildman–Crippen LogP) is 0.863. The smallest absolute Gasteiger partial charge is 0.338 e. The Morgan fingerprint density at radius 1 is 1.42 bits per heavy atom. The lowest BCUT2D eigenvalue weighted by Gasteiger charge is -2.08. The Kier molecular flexibility index (Phi) is 5.92. The fourth-order valence-electron chi connectivity index (χ4n) is 1.33. The van der Waals surface area contributed by atoms with Gasteiger partial charge in [0, 0.05) is 17.6 Å². The highest BCUT2D eigenvalue weighted by Gasteiger charge is 2.17. The summed E-state index contributed by atoms with van der Waals surface area (Å²) in [7, 11) is -3.68. The van der Waals surface area contributed by atoms with Crippen molar-refractivity contribution in [2.24, 2.45) is 5.73 Å². The van der Waals surface area contributed by atoms with E-state index in [1.165, 1.54) is 18.2 Å². The van der Waals surface area contributed by atoms with Crippen molar-refractivity contribution in [3.63, 3.8) is 0 Å². The highest BCUT2D eigenvalue weighted by molar-refractivity contribution is 9.10. The number of sulfonamides is 1. The molecule has 0 aromatic heterocycles. The number of esters is 1. The Morgan fingerprint density at radius 3 is 2.68 bits per heavy atom. The van der Waals surface area contributed by atoms with E-state index in [2.05, 4.69) is 20.7 Å².